The average Bonchev–Trinajstić information content (AvgIpc) is 2.92. The molecule has 6 heteroatoms. The van der Waals surface area contributed by atoms with Crippen LogP contribution in [0.2, 0.25) is 0 Å². The molecule has 26 heavy (non-hydrogen) atoms. The molecule has 0 aliphatic carbocycles. The van der Waals surface area contributed by atoms with Crippen molar-refractivity contribution in [2.45, 2.75) is 18.4 Å². The van der Waals surface area contributed by atoms with Crippen molar-refractivity contribution < 1.29 is 9.59 Å². The van der Waals surface area contributed by atoms with Crippen molar-refractivity contribution in [1.82, 2.24) is 9.97 Å². The molecule has 0 radical (unpaired) electrons. The van der Waals surface area contributed by atoms with Gasteiger partial charge < -0.3 is 4.90 Å². The largest absolute Gasteiger partial charge is 0.315 e. The molecular weight excluding hydrogens is 346 g/mol. The quantitative estimate of drug-likeness (QED) is 0.404. The molecule has 0 N–H and O–H groups in total. The summed E-state index contributed by atoms with van der Waals surface area (Å²) in [6.07, 6.45) is 0.357. The van der Waals surface area contributed by atoms with Crippen LogP contribution in [0.25, 0.3) is 10.9 Å². The highest BCUT2D eigenvalue weighted by Gasteiger charge is 2.24. The Morgan fingerprint density at radius 3 is 2.85 bits per heavy atom. The molecule has 2 aromatic carbocycles. The van der Waals surface area contributed by atoms with Crippen LogP contribution in [-0.2, 0) is 11.2 Å². The van der Waals surface area contributed by atoms with E-state index < -0.39 is 0 Å². The highest BCUT2D eigenvalue weighted by atomic mass is 32.2. The highest BCUT2D eigenvalue weighted by Crippen LogP contribution is 2.30. The maximum atomic E-state index is 12.6. The van der Waals surface area contributed by atoms with Gasteiger partial charge in [-0.3, -0.25) is 9.59 Å². The molecule has 1 aliphatic heterocycles. The first-order valence-corrected chi connectivity index (χ1v) is 9.30. The number of carbonyl (C=O) groups excluding carboxylic acids is 2. The molecule has 1 aromatic heterocycles. The number of fused-ring (bicyclic) bond motifs is 2. The molecular formula is C20H17N3O2S. The summed E-state index contributed by atoms with van der Waals surface area (Å²) < 4.78 is 0. The molecule has 0 atom stereocenters. The number of likely N-dealkylation sites (N-methyl/N-ethyl adjacent to an activating group) is 1. The van der Waals surface area contributed by atoms with Gasteiger partial charge in [0.25, 0.3) is 0 Å². The normalized spacial score (nSPS) is 13.3. The summed E-state index contributed by atoms with van der Waals surface area (Å²) in [6.45, 7) is 1.85. The van der Waals surface area contributed by atoms with Gasteiger partial charge in [-0.25, -0.2) is 9.97 Å². The lowest BCUT2D eigenvalue weighted by Gasteiger charge is -2.10. The standard InChI is InChI=1S/C20H17N3O2S/c1-12-21-16-6-4-3-5-15(16)20(22-12)26-11-18(24)13-7-8-17-14(9-13)10-19(25)23(17)2/h3-9H,10-11H2,1-2H3. The third-order valence-electron chi connectivity index (χ3n) is 4.50. The van der Waals surface area contributed by atoms with Gasteiger partial charge in [-0.15, -0.1) is 0 Å². The average molecular weight is 363 g/mol. The van der Waals surface area contributed by atoms with Crippen molar-refractivity contribution in [3.8, 4) is 0 Å². The van der Waals surface area contributed by atoms with Gasteiger partial charge in [-0.1, -0.05) is 30.0 Å². The molecule has 2 heterocycles. The number of anilines is 1. The molecule has 0 fully saturated rings. The van der Waals surface area contributed by atoms with Crippen molar-refractivity contribution in [3.05, 3.63) is 59.4 Å². The van der Waals surface area contributed by atoms with E-state index in [1.54, 1.807) is 18.0 Å². The minimum atomic E-state index is 0.0279. The van der Waals surface area contributed by atoms with Crippen molar-refractivity contribution in [3.63, 3.8) is 0 Å². The number of rotatable bonds is 4. The SMILES string of the molecule is Cc1nc(SCC(=O)c2ccc3c(c2)CC(=O)N3C)c2ccccc2n1. The Bertz CT molecular complexity index is 1050. The predicted molar refractivity (Wildman–Crippen MR) is 103 cm³/mol. The Hall–Kier alpha value is -2.73. The highest BCUT2D eigenvalue weighted by molar-refractivity contribution is 8.00. The summed E-state index contributed by atoms with van der Waals surface area (Å²) in [6, 6.07) is 13.3. The second kappa shape index (κ2) is 6.53. The lowest BCUT2D eigenvalue weighted by Crippen LogP contribution is -2.20. The summed E-state index contributed by atoms with van der Waals surface area (Å²) in [5, 5.41) is 1.77. The van der Waals surface area contributed by atoms with Gasteiger partial charge in [0.1, 0.15) is 10.9 Å². The van der Waals surface area contributed by atoms with E-state index in [9.17, 15) is 9.59 Å². The Morgan fingerprint density at radius 2 is 2.00 bits per heavy atom. The molecule has 3 aromatic rings. The van der Waals surface area contributed by atoms with Crippen molar-refractivity contribution >= 4 is 40.0 Å². The molecule has 0 bridgehead atoms. The number of carbonyl (C=O) groups is 2. The fourth-order valence-electron chi connectivity index (χ4n) is 3.13. The van der Waals surface area contributed by atoms with Crippen LogP contribution in [0.3, 0.4) is 0 Å². The summed E-state index contributed by atoms with van der Waals surface area (Å²) in [7, 11) is 1.76. The smallest absolute Gasteiger partial charge is 0.231 e. The van der Waals surface area contributed by atoms with Gasteiger partial charge in [0.05, 0.1) is 17.7 Å². The zero-order valence-electron chi connectivity index (χ0n) is 14.5. The lowest BCUT2D eigenvalue weighted by molar-refractivity contribution is -0.117. The molecule has 0 saturated carbocycles. The third kappa shape index (κ3) is 2.97. The topological polar surface area (TPSA) is 63.2 Å². The second-order valence-electron chi connectivity index (χ2n) is 6.28. The van der Waals surface area contributed by atoms with E-state index in [1.165, 1.54) is 11.8 Å². The zero-order valence-corrected chi connectivity index (χ0v) is 15.3. The van der Waals surface area contributed by atoms with E-state index >= 15 is 0 Å². The predicted octanol–water partition coefficient (Wildman–Crippen LogP) is 3.43. The Labute approximate surface area is 155 Å². The first kappa shape index (κ1) is 16.7. The molecule has 0 saturated heterocycles. The number of Topliss-reactive ketones (excluding diaryl/α,β-unsaturated/α-hetero) is 1. The molecule has 0 unspecified atom stereocenters. The van der Waals surface area contributed by atoms with Crippen LogP contribution in [0.5, 0.6) is 0 Å². The lowest BCUT2D eigenvalue weighted by atomic mass is 10.1. The fourth-order valence-corrected chi connectivity index (χ4v) is 4.09. The number of aromatic nitrogens is 2. The second-order valence-corrected chi connectivity index (χ2v) is 7.24. The van der Waals surface area contributed by atoms with Crippen LogP contribution in [-0.4, -0.2) is 34.5 Å². The van der Waals surface area contributed by atoms with E-state index in [0.717, 1.165) is 27.2 Å². The van der Waals surface area contributed by atoms with E-state index in [4.69, 9.17) is 0 Å². The number of amides is 1. The van der Waals surface area contributed by atoms with Crippen LogP contribution in [0.4, 0.5) is 5.69 Å². The van der Waals surface area contributed by atoms with Gasteiger partial charge in [0.2, 0.25) is 5.91 Å². The molecule has 1 amide bonds. The Morgan fingerprint density at radius 1 is 1.19 bits per heavy atom. The maximum Gasteiger partial charge on any atom is 0.231 e. The number of hydrogen-bond acceptors (Lipinski definition) is 5. The summed E-state index contributed by atoms with van der Waals surface area (Å²) in [5.74, 6) is 1.07. The van der Waals surface area contributed by atoms with Crippen LogP contribution in [0.15, 0.2) is 47.5 Å². The van der Waals surface area contributed by atoms with Crippen LogP contribution in [0.1, 0.15) is 21.7 Å². The van der Waals surface area contributed by atoms with Gasteiger partial charge in [0.15, 0.2) is 5.78 Å². The molecule has 1 aliphatic rings. The van der Waals surface area contributed by atoms with Gasteiger partial charge in [-0.2, -0.15) is 0 Å². The van der Waals surface area contributed by atoms with Crippen LogP contribution < -0.4 is 4.90 Å². The summed E-state index contributed by atoms with van der Waals surface area (Å²) in [5.41, 5.74) is 3.32. The Balaban J connectivity index is 1.55. The first-order chi connectivity index (χ1) is 12.5. The monoisotopic (exact) mass is 363 g/mol. The van der Waals surface area contributed by atoms with Gasteiger partial charge >= 0.3 is 0 Å². The number of nitrogens with zero attached hydrogens (tertiary/aromatic N) is 3. The number of ketones is 1. The maximum absolute atomic E-state index is 12.6. The fraction of sp³-hybridized carbons (Fsp3) is 0.200. The number of para-hydroxylation sites is 1. The first-order valence-electron chi connectivity index (χ1n) is 8.32. The van der Waals surface area contributed by atoms with E-state index in [-0.39, 0.29) is 11.7 Å². The number of benzene rings is 2. The molecule has 4 rings (SSSR count). The van der Waals surface area contributed by atoms with Crippen LogP contribution in [0, 0.1) is 6.92 Å². The molecule has 130 valence electrons. The summed E-state index contributed by atoms with van der Waals surface area (Å²) in [4.78, 5) is 35.0. The van der Waals surface area contributed by atoms with Crippen LogP contribution >= 0.6 is 11.8 Å². The zero-order chi connectivity index (χ0) is 18.3. The van der Waals surface area contributed by atoms with Gasteiger partial charge in [-0.05, 0) is 36.8 Å². The minimum absolute atomic E-state index is 0.0279. The van der Waals surface area contributed by atoms with E-state index in [0.29, 0.717) is 23.6 Å². The van der Waals surface area contributed by atoms with Crippen molar-refractivity contribution in [2.24, 2.45) is 0 Å². The number of thioether (sulfide) groups is 1. The number of aryl methyl sites for hydroxylation is 1. The van der Waals surface area contributed by atoms with Crippen molar-refractivity contribution in [1.29, 1.82) is 0 Å². The van der Waals surface area contributed by atoms with E-state index in [1.807, 2.05) is 43.3 Å². The molecule has 5 nitrogen and oxygen atoms in total. The summed E-state index contributed by atoms with van der Waals surface area (Å²) >= 11 is 1.42. The van der Waals surface area contributed by atoms with Gasteiger partial charge in [0, 0.05) is 23.7 Å². The van der Waals surface area contributed by atoms with E-state index in [2.05, 4.69) is 9.97 Å². The third-order valence-corrected chi connectivity index (χ3v) is 5.49. The minimum Gasteiger partial charge on any atom is -0.315 e. The number of hydrogen-bond donors (Lipinski definition) is 0. The van der Waals surface area contributed by atoms with Crippen molar-refractivity contribution in [2.75, 3.05) is 17.7 Å². The molecule has 0 spiro atoms. The Kier molecular flexibility index (Phi) is 4.20.